The minimum Gasteiger partial charge on any atom is -0.494 e. The average Bonchev–Trinajstić information content (AvgIpc) is 3.14. The summed E-state index contributed by atoms with van der Waals surface area (Å²) in [5, 5.41) is 3.03. The molecule has 1 amide bonds. The Hall–Kier alpha value is -3.60. The van der Waals surface area contributed by atoms with Gasteiger partial charge in [-0.3, -0.25) is 4.79 Å². The maximum atomic E-state index is 12.6. The summed E-state index contributed by atoms with van der Waals surface area (Å²) in [6, 6.07) is 22.0. The van der Waals surface area contributed by atoms with Crippen LogP contribution in [-0.2, 0) is 13.1 Å². The van der Waals surface area contributed by atoms with E-state index in [0.717, 1.165) is 47.6 Å². The highest BCUT2D eigenvalue weighted by molar-refractivity contribution is 5.94. The van der Waals surface area contributed by atoms with Crippen LogP contribution >= 0.6 is 0 Å². The van der Waals surface area contributed by atoms with Gasteiger partial charge in [-0.05, 0) is 81.1 Å². The van der Waals surface area contributed by atoms with Gasteiger partial charge >= 0.3 is 0 Å². The van der Waals surface area contributed by atoms with Gasteiger partial charge < -0.3 is 14.6 Å². The van der Waals surface area contributed by atoms with Crippen molar-refractivity contribution in [3.63, 3.8) is 0 Å². The molecule has 0 unspecified atom stereocenters. The number of rotatable bonds is 9. The van der Waals surface area contributed by atoms with Crippen molar-refractivity contribution >= 4 is 16.9 Å². The van der Waals surface area contributed by atoms with Crippen LogP contribution in [0.4, 0.5) is 0 Å². The van der Waals surface area contributed by atoms with Gasteiger partial charge in [-0.1, -0.05) is 35.9 Å². The summed E-state index contributed by atoms with van der Waals surface area (Å²) in [6.45, 7) is 8.05. The first-order valence-corrected chi connectivity index (χ1v) is 11.5. The lowest BCUT2D eigenvalue weighted by molar-refractivity contribution is 0.0949. The number of ether oxygens (including phenoxy) is 1. The Balaban J connectivity index is 1.38. The number of benzene rings is 3. The molecule has 0 radical (unpaired) electrons. The molecule has 1 N–H and O–H groups in total. The quantitative estimate of drug-likeness (QED) is 0.337. The van der Waals surface area contributed by atoms with Crippen LogP contribution in [-0.4, -0.2) is 22.1 Å². The third kappa shape index (κ3) is 5.80. The zero-order chi connectivity index (χ0) is 23.2. The smallest absolute Gasteiger partial charge is 0.251 e. The number of amides is 1. The second kappa shape index (κ2) is 10.3. The van der Waals surface area contributed by atoms with Crippen molar-refractivity contribution in [2.45, 2.75) is 46.7 Å². The van der Waals surface area contributed by atoms with Crippen molar-refractivity contribution in [3.05, 3.63) is 94.8 Å². The number of unbranched alkanes of at least 4 members (excludes halogenated alkanes) is 1. The van der Waals surface area contributed by atoms with E-state index in [-0.39, 0.29) is 5.91 Å². The first-order chi connectivity index (χ1) is 16.0. The van der Waals surface area contributed by atoms with Crippen molar-refractivity contribution in [3.8, 4) is 5.75 Å². The first kappa shape index (κ1) is 22.6. The number of imidazole rings is 1. The molecule has 5 heteroatoms. The topological polar surface area (TPSA) is 56.1 Å². The summed E-state index contributed by atoms with van der Waals surface area (Å²) in [5.41, 5.74) is 6.20. The molecule has 170 valence electrons. The number of nitrogens with zero attached hydrogens (tertiary/aromatic N) is 2. The largest absolute Gasteiger partial charge is 0.494 e. The van der Waals surface area contributed by atoms with Crippen LogP contribution in [0.1, 0.15) is 45.7 Å². The highest BCUT2D eigenvalue weighted by Gasteiger charge is 2.12. The van der Waals surface area contributed by atoms with E-state index in [4.69, 9.17) is 9.72 Å². The molecule has 0 saturated heterocycles. The number of hydrogen-bond acceptors (Lipinski definition) is 3. The van der Waals surface area contributed by atoms with Crippen LogP contribution in [0.2, 0.25) is 0 Å². The van der Waals surface area contributed by atoms with Gasteiger partial charge in [0.15, 0.2) is 0 Å². The van der Waals surface area contributed by atoms with E-state index >= 15 is 0 Å². The summed E-state index contributed by atoms with van der Waals surface area (Å²) in [5.74, 6) is 1.71. The second-order valence-electron chi connectivity index (χ2n) is 8.60. The molecule has 4 rings (SSSR count). The standard InChI is InChI=1S/C28H31N3O2/c1-20-9-8-10-23(16-20)28(32)29-19-27-30-25-11-4-5-12-26(25)31(27)13-6-7-14-33-24-17-21(2)15-22(3)18-24/h4-5,8-12,15-18H,6-7,13-14,19H2,1-3H3,(H,29,32). The highest BCUT2D eigenvalue weighted by Crippen LogP contribution is 2.19. The number of carbonyl (C=O) groups is 1. The number of aromatic nitrogens is 2. The lowest BCUT2D eigenvalue weighted by atomic mass is 10.1. The van der Waals surface area contributed by atoms with Gasteiger partial charge in [-0.15, -0.1) is 0 Å². The Labute approximate surface area is 195 Å². The lowest BCUT2D eigenvalue weighted by Crippen LogP contribution is -2.25. The Bertz CT molecular complexity index is 1240. The van der Waals surface area contributed by atoms with Crippen LogP contribution in [0.5, 0.6) is 5.75 Å². The number of aryl methyl sites for hydroxylation is 4. The predicted octanol–water partition coefficient (Wildman–Crippen LogP) is 5.75. The van der Waals surface area contributed by atoms with Crippen molar-refractivity contribution < 1.29 is 9.53 Å². The molecule has 0 spiro atoms. The molecule has 1 heterocycles. The Kier molecular flexibility index (Phi) is 7.08. The average molecular weight is 442 g/mol. The first-order valence-electron chi connectivity index (χ1n) is 11.5. The molecular weight excluding hydrogens is 410 g/mol. The number of nitrogens with one attached hydrogen (secondary N) is 1. The predicted molar refractivity (Wildman–Crippen MR) is 133 cm³/mol. The van der Waals surface area contributed by atoms with Gasteiger partial charge in [-0.2, -0.15) is 0 Å². The third-order valence-electron chi connectivity index (χ3n) is 5.66. The Morgan fingerprint density at radius 2 is 1.70 bits per heavy atom. The molecule has 0 aliphatic rings. The molecule has 0 saturated carbocycles. The van der Waals surface area contributed by atoms with Gasteiger partial charge in [0, 0.05) is 12.1 Å². The molecule has 3 aromatic carbocycles. The molecule has 4 aromatic rings. The van der Waals surface area contributed by atoms with Gasteiger partial charge in [0.2, 0.25) is 0 Å². The summed E-state index contributed by atoms with van der Waals surface area (Å²) in [6.07, 6.45) is 1.90. The molecule has 33 heavy (non-hydrogen) atoms. The highest BCUT2D eigenvalue weighted by atomic mass is 16.5. The van der Waals surface area contributed by atoms with E-state index in [1.807, 2.05) is 49.4 Å². The fourth-order valence-electron chi connectivity index (χ4n) is 4.14. The summed E-state index contributed by atoms with van der Waals surface area (Å²) in [7, 11) is 0. The van der Waals surface area contributed by atoms with Crippen LogP contribution < -0.4 is 10.1 Å². The molecule has 1 aromatic heterocycles. The van der Waals surface area contributed by atoms with Gasteiger partial charge in [0.05, 0.1) is 24.2 Å². The zero-order valence-electron chi connectivity index (χ0n) is 19.6. The maximum absolute atomic E-state index is 12.6. The molecule has 0 fully saturated rings. The van der Waals surface area contributed by atoms with Crippen molar-refractivity contribution in [1.29, 1.82) is 0 Å². The third-order valence-corrected chi connectivity index (χ3v) is 5.66. The number of fused-ring (bicyclic) bond motifs is 1. The van der Waals surface area contributed by atoms with Crippen LogP contribution in [0, 0.1) is 20.8 Å². The van der Waals surface area contributed by atoms with Crippen molar-refractivity contribution in [1.82, 2.24) is 14.9 Å². The van der Waals surface area contributed by atoms with E-state index in [0.29, 0.717) is 18.7 Å². The van der Waals surface area contributed by atoms with E-state index < -0.39 is 0 Å². The fourth-order valence-corrected chi connectivity index (χ4v) is 4.14. The fraction of sp³-hybridized carbons (Fsp3) is 0.286. The lowest BCUT2D eigenvalue weighted by Gasteiger charge is -2.12. The van der Waals surface area contributed by atoms with Crippen molar-refractivity contribution in [2.75, 3.05) is 6.61 Å². The summed E-state index contributed by atoms with van der Waals surface area (Å²) < 4.78 is 8.17. The Morgan fingerprint density at radius 1 is 0.909 bits per heavy atom. The van der Waals surface area contributed by atoms with Gasteiger partial charge in [0.1, 0.15) is 11.6 Å². The minimum atomic E-state index is -0.0841. The van der Waals surface area contributed by atoms with Crippen molar-refractivity contribution in [2.24, 2.45) is 0 Å². The van der Waals surface area contributed by atoms with Gasteiger partial charge in [0.25, 0.3) is 5.91 Å². The zero-order valence-corrected chi connectivity index (χ0v) is 19.6. The molecule has 0 bridgehead atoms. The van der Waals surface area contributed by atoms with E-state index in [9.17, 15) is 4.79 Å². The normalized spacial score (nSPS) is 11.0. The monoisotopic (exact) mass is 441 g/mol. The van der Waals surface area contributed by atoms with E-state index in [1.54, 1.807) is 0 Å². The molecule has 0 aliphatic heterocycles. The SMILES string of the molecule is Cc1cc(C)cc(OCCCCn2c(CNC(=O)c3cccc(C)c3)nc3ccccc32)c1. The molecule has 5 nitrogen and oxygen atoms in total. The number of carbonyl (C=O) groups excluding carboxylic acids is 1. The van der Waals surface area contributed by atoms with Crippen LogP contribution in [0.25, 0.3) is 11.0 Å². The summed E-state index contributed by atoms with van der Waals surface area (Å²) >= 11 is 0. The van der Waals surface area contributed by atoms with Gasteiger partial charge in [-0.25, -0.2) is 4.98 Å². The minimum absolute atomic E-state index is 0.0841. The second-order valence-corrected chi connectivity index (χ2v) is 8.60. The van der Waals surface area contributed by atoms with E-state index in [1.165, 1.54) is 11.1 Å². The number of para-hydroxylation sites is 2. The Morgan fingerprint density at radius 3 is 2.48 bits per heavy atom. The number of hydrogen-bond donors (Lipinski definition) is 1. The maximum Gasteiger partial charge on any atom is 0.251 e. The van der Waals surface area contributed by atoms with Crippen LogP contribution in [0.3, 0.4) is 0 Å². The summed E-state index contributed by atoms with van der Waals surface area (Å²) in [4.78, 5) is 17.4. The van der Waals surface area contributed by atoms with E-state index in [2.05, 4.69) is 48.0 Å². The van der Waals surface area contributed by atoms with Crippen LogP contribution in [0.15, 0.2) is 66.7 Å². The molecule has 0 atom stereocenters. The molecule has 0 aliphatic carbocycles. The molecular formula is C28H31N3O2.